The fourth-order valence-electron chi connectivity index (χ4n) is 1.78. The van der Waals surface area contributed by atoms with Crippen LogP contribution in [-0.4, -0.2) is 25.8 Å². The van der Waals surface area contributed by atoms with Crippen LogP contribution < -0.4 is 0 Å². The number of nitrogens with zero attached hydrogens (tertiary/aromatic N) is 1. The lowest BCUT2D eigenvalue weighted by Crippen LogP contribution is -2.03. The van der Waals surface area contributed by atoms with Crippen LogP contribution >= 0.6 is 12.2 Å². The fraction of sp³-hybridized carbons (Fsp3) is 0.364. The van der Waals surface area contributed by atoms with Crippen molar-refractivity contribution in [2.75, 3.05) is 12.0 Å². The van der Waals surface area contributed by atoms with Crippen molar-refractivity contribution in [1.29, 1.82) is 0 Å². The van der Waals surface area contributed by atoms with Crippen molar-refractivity contribution in [2.24, 2.45) is 0 Å². The standard InChI is InChI=1S/C11H13FN2OS2/c1-17(15)6-2-5-14-10-4-3-8(12)7-9(10)13-11(14)16/h3-4,7H,2,5-6H2,1H3,(H,13,16). The second-order valence-electron chi connectivity index (χ2n) is 3.87. The van der Waals surface area contributed by atoms with Crippen LogP contribution in [0.25, 0.3) is 11.0 Å². The van der Waals surface area contributed by atoms with Crippen LogP contribution in [0.3, 0.4) is 0 Å². The number of aryl methyl sites for hydroxylation is 1. The third kappa shape index (κ3) is 2.81. The minimum absolute atomic E-state index is 0.282. The normalized spacial score (nSPS) is 13.1. The van der Waals surface area contributed by atoms with Gasteiger partial charge in [-0.3, -0.25) is 4.21 Å². The van der Waals surface area contributed by atoms with E-state index in [0.717, 1.165) is 11.9 Å². The number of H-pyrrole nitrogens is 1. The van der Waals surface area contributed by atoms with Gasteiger partial charge in [0, 0.05) is 29.4 Å². The third-order valence-corrected chi connectivity index (χ3v) is 3.74. The molecule has 6 heteroatoms. The molecule has 0 aliphatic heterocycles. The maximum Gasteiger partial charge on any atom is 0.178 e. The highest BCUT2D eigenvalue weighted by atomic mass is 32.2. The third-order valence-electron chi connectivity index (χ3n) is 2.55. The van der Waals surface area contributed by atoms with Crippen molar-refractivity contribution in [1.82, 2.24) is 9.55 Å². The highest BCUT2D eigenvalue weighted by Gasteiger charge is 2.05. The van der Waals surface area contributed by atoms with Gasteiger partial charge >= 0.3 is 0 Å². The topological polar surface area (TPSA) is 37.8 Å². The molecule has 1 atom stereocenters. The van der Waals surface area contributed by atoms with Crippen molar-refractivity contribution in [3.05, 3.63) is 28.8 Å². The molecule has 0 saturated carbocycles. The summed E-state index contributed by atoms with van der Waals surface area (Å²) in [6.45, 7) is 0.698. The van der Waals surface area contributed by atoms with Gasteiger partial charge < -0.3 is 9.55 Å². The lowest BCUT2D eigenvalue weighted by atomic mass is 10.3. The first-order valence-corrected chi connectivity index (χ1v) is 7.39. The highest BCUT2D eigenvalue weighted by molar-refractivity contribution is 7.84. The highest BCUT2D eigenvalue weighted by Crippen LogP contribution is 2.15. The van der Waals surface area contributed by atoms with Crippen molar-refractivity contribution in [3.63, 3.8) is 0 Å². The summed E-state index contributed by atoms with van der Waals surface area (Å²) < 4.78 is 26.5. The molecule has 0 aliphatic rings. The van der Waals surface area contributed by atoms with Gasteiger partial charge in [-0.1, -0.05) is 0 Å². The zero-order valence-corrected chi connectivity index (χ0v) is 11.0. The molecular weight excluding hydrogens is 259 g/mol. The van der Waals surface area contributed by atoms with Crippen LogP contribution in [0.1, 0.15) is 6.42 Å². The van der Waals surface area contributed by atoms with Gasteiger partial charge in [0.1, 0.15) is 5.82 Å². The SMILES string of the molecule is CS(=O)CCCn1c(=S)[nH]c2cc(F)ccc21. The number of aromatic amines is 1. The molecule has 0 aliphatic carbocycles. The number of fused-ring (bicyclic) bond motifs is 1. The molecule has 3 nitrogen and oxygen atoms in total. The maximum absolute atomic E-state index is 13.0. The van der Waals surface area contributed by atoms with E-state index in [9.17, 15) is 8.60 Å². The smallest absolute Gasteiger partial charge is 0.178 e. The molecule has 0 saturated heterocycles. The number of hydrogen-bond acceptors (Lipinski definition) is 2. The van der Waals surface area contributed by atoms with Gasteiger partial charge in [0.2, 0.25) is 0 Å². The zero-order valence-electron chi connectivity index (χ0n) is 9.40. The second-order valence-corrected chi connectivity index (χ2v) is 5.82. The average Bonchev–Trinajstić information content (AvgIpc) is 2.54. The molecule has 0 amide bonds. The zero-order chi connectivity index (χ0) is 12.4. The molecular formula is C11H13FN2OS2. The summed E-state index contributed by atoms with van der Waals surface area (Å²) in [5.41, 5.74) is 1.59. The predicted octanol–water partition coefficient (Wildman–Crippen LogP) is 2.61. The quantitative estimate of drug-likeness (QED) is 0.869. The first-order valence-electron chi connectivity index (χ1n) is 5.26. The van der Waals surface area contributed by atoms with Crippen molar-refractivity contribution >= 4 is 34.1 Å². The summed E-state index contributed by atoms with van der Waals surface area (Å²) in [6, 6.07) is 4.55. The Bertz CT molecular complexity index is 617. The number of aromatic nitrogens is 2. The number of rotatable bonds is 4. The number of imidazole rings is 1. The van der Waals surface area contributed by atoms with Gasteiger partial charge in [-0.25, -0.2) is 4.39 Å². The van der Waals surface area contributed by atoms with Crippen molar-refractivity contribution in [2.45, 2.75) is 13.0 Å². The van der Waals surface area contributed by atoms with Gasteiger partial charge in [-0.2, -0.15) is 0 Å². The molecule has 1 aromatic heterocycles. The minimum Gasteiger partial charge on any atom is -0.330 e. The average molecular weight is 272 g/mol. The van der Waals surface area contributed by atoms with Crippen LogP contribution in [0, 0.1) is 10.6 Å². The van der Waals surface area contributed by atoms with E-state index in [1.54, 1.807) is 12.3 Å². The van der Waals surface area contributed by atoms with Crippen LogP contribution in [0.4, 0.5) is 4.39 Å². The van der Waals surface area contributed by atoms with Gasteiger partial charge in [-0.05, 0) is 36.8 Å². The van der Waals surface area contributed by atoms with Crippen LogP contribution in [-0.2, 0) is 17.3 Å². The van der Waals surface area contributed by atoms with E-state index in [0.29, 0.717) is 22.6 Å². The van der Waals surface area contributed by atoms with Crippen LogP contribution in [0.15, 0.2) is 18.2 Å². The van der Waals surface area contributed by atoms with E-state index < -0.39 is 10.8 Å². The van der Waals surface area contributed by atoms with Crippen LogP contribution in [0.2, 0.25) is 0 Å². The summed E-state index contributed by atoms with van der Waals surface area (Å²) in [5, 5.41) is 0. The largest absolute Gasteiger partial charge is 0.330 e. The molecule has 2 rings (SSSR count). The minimum atomic E-state index is -0.789. The van der Waals surface area contributed by atoms with Gasteiger partial charge in [0.25, 0.3) is 0 Å². The Balaban J connectivity index is 2.30. The van der Waals surface area contributed by atoms with E-state index in [4.69, 9.17) is 12.2 Å². The molecule has 0 spiro atoms. The Morgan fingerprint density at radius 1 is 1.53 bits per heavy atom. The van der Waals surface area contributed by atoms with Crippen LogP contribution in [0.5, 0.6) is 0 Å². The molecule has 92 valence electrons. The lowest BCUT2D eigenvalue weighted by Gasteiger charge is -2.03. The Hall–Kier alpha value is -1.01. The van der Waals surface area contributed by atoms with E-state index in [1.165, 1.54) is 12.1 Å². The molecule has 0 fully saturated rings. The molecule has 1 N–H and O–H groups in total. The summed E-state index contributed by atoms with van der Waals surface area (Å²) in [6.07, 6.45) is 2.48. The first-order chi connectivity index (χ1) is 8.08. The summed E-state index contributed by atoms with van der Waals surface area (Å²) in [4.78, 5) is 2.97. The Morgan fingerprint density at radius 2 is 2.29 bits per heavy atom. The number of benzene rings is 1. The molecule has 2 aromatic rings. The second kappa shape index (κ2) is 5.10. The van der Waals surface area contributed by atoms with Gasteiger partial charge in [0.05, 0.1) is 11.0 Å². The van der Waals surface area contributed by atoms with Crippen molar-refractivity contribution in [3.8, 4) is 0 Å². The summed E-state index contributed by atoms with van der Waals surface area (Å²) >= 11 is 5.18. The molecule has 1 heterocycles. The molecule has 1 unspecified atom stereocenters. The number of nitrogens with one attached hydrogen (secondary N) is 1. The van der Waals surface area contributed by atoms with Gasteiger partial charge in [0.15, 0.2) is 4.77 Å². The van der Waals surface area contributed by atoms with E-state index in [1.807, 2.05) is 4.57 Å². The Labute approximate surface area is 106 Å². The molecule has 0 bridgehead atoms. The maximum atomic E-state index is 13.0. The lowest BCUT2D eigenvalue weighted by molar-refractivity contribution is 0.629. The molecule has 17 heavy (non-hydrogen) atoms. The number of halogens is 1. The van der Waals surface area contributed by atoms with Crippen molar-refractivity contribution < 1.29 is 8.60 Å². The Morgan fingerprint density at radius 3 is 3.00 bits per heavy atom. The first kappa shape index (κ1) is 12.4. The van der Waals surface area contributed by atoms with E-state index >= 15 is 0 Å². The number of hydrogen-bond donors (Lipinski definition) is 1. The van der Waals surface area contributed by atoms with E-state index in [2.05, 4.69) is 4.98 Å². The molecule has 1 aromatic carbocycles. The predicted molar refractivity (Wildman–Crippen MR) is 70.6 cm³/mol. The Kier molecular flexibility index (Phi) is 3.73. The van der Waals surface area contributed by atoms with Gasteiger partial charge in [-0.15, -0.1) is 0 Å². The monoisotopic (exact) mass is 272 g/mol. The fourth-order valence-corrected chi connectivity index (χ4v) is 2.62. The summed E-state index contributed by atoms with van der Waals surface area (Å²) in [7, 11) is -0.789. The molecule has 0 radical (unpaired) electrons. The van der Waals surface area contributed by atoms with E-state index in [-0.39, 0.29) is 5.82 Å². The summed E-state index contributed by atoms with van der Waals surface area (Å²) in [5.74, 6) is 0.367.